The van der Waals surface area contributed by atoms with Crippen LogP contribution in [-0.4, -0.2) is 11.5 Å². The fourth-order valence-electron chi connectivity index (χ4n) is 2.16. The van der Waals surface area contributed by atoms with Crippen molar-refractivity contribution in [3.63, 3.8) is 0 Å². The number of hydrogen-bond acceptors (Lipinski definition) is 3. The van der Waals surface area contributed by atoms with Gasteiger partial charge in [-0.2, -0.15) is 0 Å². The maximum atomic E-state index is 6.01. The Balaban J connectivity index is 1.99. The van der Waals surface area contributed by atoms with Crippen LogP contribution in [-0.2, 0) is 0 Å². The molecule has 1 aromatic heterocycles. The molecule has 0 fully saturated rings. The quantitative estimate of drug-likeness (QED) is 0.581. The number of nitrogens with zero attached hydrogens (tertiary/aromatic N) is 1. The molecule has 0 spiro atoms. The van der Waals surface area contributed by atoms with E-state index >= 15 is 0 Å². The number of hydrogen-bond donors (Lipinski definition) is 2. The van der Waals surface area contributed by atoms with E-state index in [1.165, 1.54) is 12.8 Å². The summed E-state index contributed by atoms with van der Waals surface area (Å²) in [5.74, 6) is 0. The molecule has 1 heterocycles. The van der Waals surface area contributed by atoms with Crippen molar-refractivity contribution >= 4 is 22.3 Å². The summed E-state index contributed by atoms with van der Waals surface area (Å²) in [6.07, 6.45) is 8.36. The Labute approximate surface area is 114 Å². The van der Waals surface area contributed by atoms with Gasteiger partial charge in [0.05, 0.1) is 23.1 Å². The van der Waals surface area contributed by atoms with Crippen molar-refractivity contribution in [1.82, 2.24) is 4.98 Å². The third-order valence-corrected chi connectivity index (χ3v) is 3.19. The highest BCUT2D eigenvalue weighted by Crippen LogP contribution is 2.27. The van der Waals surface area contributed by atoms with Crippen LogP contribution in [0.15, 0.2) is 43.1 Å². The molecule has 0 saturated heterocycles. The molecule has 0 radical (unpaired) electrons. The number of para-hydroxylation sites is 1. The molecule has 0 amide bonds. The molecule has 2 aromatic rings. The second kappa shape index (κ2) is 6.78. The number of nitrogens with one attached hydrogen (secondary N) is 1. The van der Waals surface area contributed by atoms with Crippen LogP contribution in [0.1, 0.15) is 25.7 Å². The van der Waals surface area contributed by atoms with E-state index < -0.39 is 0 Å². The molecule has 19 heavy (non-hydrogen) atoms. The number of anilines is 2. The fraction of sp³-hybridized carbons (Fsp3) is 0.312. The molecule has 2 rings (SSSR count). The summed E-state index contributed by atoms with van der Waals surface area (Å²) in [6, 6.07) is 8.06. The van der Waals surface area contributed by atoms with Crippen LogP contribution in [0.4, 0.5) is 11.4 Å². The predicted molar refractivity (Wildman–Crippen MR) is 83.3 cm³/mol. The molecule has 3 nitrogen and oxygen atoms in total. The van der Waals surface area contributed by atoms with E-state index in [0.29, 0.717) is 5.69 Å². The van der Waals surface area contributed by atoms with Gasteiger partial charge in [-0.25, -0.2) is 0 Å². The molecule has 1 aromatic carbocycles. The molecule has 3 N–H and O–H groups in total. The van der Waals surface area contributed by atoms with Gasteiger partial charge in [0.2, 0.25) is 0 Å². The Hall–Kier alpha value is -2.03. The number of nitrogens with two attached hydrogens (primary N) is 1. The van der Waals surface area contributed by atoms with E-state index in [-0.39, 0.29) is 0 Å². The van der Waals surface area contributed by atoms with Gasteiger partial charge in [0, 0.05) is 11.9 Å². The molecule has 0 aliphatic rings. The van der Waals surface area contributed by atoms with Crippen LogP contribution in [0.5, 0.6) is 0 Å². The Morgan fingerprint density at radius 1 is 1.21 bits per heavy atom. The Bertz CT molecular complexity index is 549. The van der Waals surface area contributed by atoms with Crippen LogP contribution in [0, 0.1) is 0 Å². The molecule has 0 unspecified atom stereocenters. The van der Waals surface area contributed by atoms with Crippen LogP contribution in [0.25, 0.3) is 10.9 Å². The van der Waals surface area contributed by atoms with Crippen molar-refractivity contribution < 1.29 is 0 Å². The van der Waals surface area contributed by atoms with E-state index in [0.717, 1.165) is 36.0 Å². The topological polar surface area (TPSA) is 50.9 Å². The third kappa shape index (κ3) is 3.47. The van der Waals surface area contributed by atoms with Gasteiger partial charge < -0.3 is 11.1 Å². The summed E-state index contributed by atoms with van der Waals surface area (Å²) >= 11 is 0. The van der Waals surface area contributed by atoms with Gasteiger partial charge in [-0.1, -0.05) is 30.7 Å². The average Bonchev–Trinajstić information content (AvgIpc) is 2.44. The second-order valence-electron chi connectivity index (χ2n) is 4.67. The minimum Gasteiger partial charge on any atom is -0.396 e. The molecule has 3 heteroatoms. The van der Waals surface area contributed by atoms with E-state index in [2.05, 4.69) is 22.9 Å². The van der Waals surface area contributed by atoms with Crippen molar-refractivity contribution in [2.24, 2.45) is 0 Å². The Kier molecular flexibility index (Phi) is 4.78. The van der Waals surface area contributed by atoms with Gasteiger partial charge in [0.25, 0.3) is 0 Å². The molecule has 100 valence electrons. The minimum atomic E-state index is 0.713. The maximum absolute atomic E-state index is 6.01. The van der Waals surface area contributed by atoms with Crippen LogP contribution >= 0.6 is 0 Å². The van der Waals surface area contributed by atoms with Crippen molar-refractivity contribution in [1.29, 1.82) is 0 Å². The van der Waals surface area contributed by atoms with Crippen molar-refractivity contribution in [3.8, 4) is 0 Å². The summed E-state index contributed by atoms with van der Waals surface area (Å²) < 4.78 is 0. The average molecular weight is 255 g/mol. The van der Waals surface area contributed by atoms with E-state index in [9.17, 15) is 0 Å². The van der Waals surface area contributed by atoms with E-state index in [1.807, 2.05) is 24.3 Å². The van der Waals surface area contributed by atoms with Gasteiger partial charge in [-0.15, -0.1) is 6.58 Å². The highest BCUT2D eigenvalue weighted by atomic mass is 14.9. The monoisotopic (exact) mass is 255 g/mol. The third-order valence-electron chi connectivity index (χ3n) is 3.19. The number of unbranched alkanes of at least 4 members (excludes halogenated alkanes) is 3. The Morgan fingerprint density at radius 3 is 2.89 bits per heavy atom. The van der Waals surface area contributed by atoms with Gasteiger partial charge >= 0.3 is 0 Å². The largest absolute Gasteiger partial charge is 0.396 e. The first kappa shape index (κ1) is 13.4. The normalized spacial score (nSPS) is 10.5. The highest BCUT2D eigenvalue weighted by Gasteiger charge is 2.05. The molecule has 0 atom stereocenters. The molecule has 0 saturated carbocycles. The number of allylic oxidation sites excluding steroid dienone is 1. The number of rotatable bonds is 7. The smallest absolute Gasteiger partial charge is 0.0743 e. The minimum absolute atomic E-state index is 0.713. The van der Waals surface area contributed by atoms with Crippen molar-refractivity contribution in [3.05, 3.63) is 43.1 Å². The zero-order valence-electron chi connectivity index (χ0n) is 11.2. The van der Waals surface area contributed by atoms with Crippen molar-refractivity contribution in [2.45, 2.75) is 25.7 Å². The number of pyridine rings is 1. The fourth-order valence-corrected chi connectivity index (χ4v) is 2.16. The first-order valence-electron chi connectivity index (χ1n) is 6.81. The first-order valence-corrected chi connectivity index (χ1v) is 6.81. The second-order valence-corrected chi connectivity index (χ2v) is 4.67. The van der Waals surface area contributed by atoms with E-state index in [1.54, 1.807) is 6.20 Å². The maximum Gasteiger partial charge on any atom is 0.0743 e. The van der Waals surface area contributed by atoms with E-state index in [4.69, 9.17) is 5.73 Å². The first-order chi connectivity index (χ1) is 9.33. The molecule has 0 aliphatic heterocycles. The number of fused-ring (bicyclic) bond motifs is 1. The molecular formula is C16H21N3. The number of aromatic nitrogens is 1. The lowest BCUT2D eigenvalue weighted by Gasteiger charge is -2.11. The predicted octanol–water partition coefficient (Wildman–Crippen LogP) is 3.98. The standard InChI is InChI=1S/C16H21N3/c1-2-3-4-5-8-11-18-16-13-9-6-7-10-15(13)19-12-14(16)17/h2,6-7,9-10,12H,1,3-5,8,11,17H2,(H,18,19). The molecule has 0 aliphatic carbocycles. The van der Waals surface area contributed by atoms with Gasteiger partial charge in [-0.3, -0.25) is 4.98 Å². The van der Waals surface area contributed by atoms with Crippen LogP contribution in [0.2, 0.25) is 0 Å². The molecular weight excluding hydrogens is 234 g/mol. The summed E-state index contributed by atoms with van der Waals surface area (Å²) in [5, 5.41) is 4.53. The zero-order valence-corrected chi connectivity index (χ0v) is 11.2. The summed E-state index contributed by atoms with van der Waals surface area (Å²) in [6.45, 7) is 4.67. The zero-order chi connectivity index (χ0) is 13.5. The lowest BCUT2D eigenvalue weighted by Crippen LogP contribution is -2.05. The lowest BCUT2D eigenvalue weighted by atomic mass is 10.1. The van der Waals surface area contributed by atoms with Gasteiger partial charge in [-0.05, 0) is 25.3 Å². The van der Waals surface area contributed by atoms with Gasteiger partial charge in [0.1, 0.15) is 0 Å². The number of nitrogen functional groups attached to an aromatic ring is 1. The number of benzene rings is 1. The van der Waals surface area contributed by atoms with Crippen LogP contribution < -0.4 is 11.1 Å². The highest BCUT2D eigenvalue weighted by molar-refractivity contribution is 5.96. The lowest BCUT2D eigenvalue weighted by molar-refractivity contribution is 0.709. The Morgan fingerprint density at radius 2 is 2.05 bits per heavy atom. The van der Waals surface area contributed by atoms with Crippen LogP contribution in [0.3, 0.4) is 0 Å². The summed E-state index contributed by atoms with van der Waals surface area (Å²) in [5.41, 5.74) is 8.71. The SMILES string of the molecule is C=CCCCCCNc1c(N)cnc2ccccc12. The molecule has 0 bridgehead atoms. The van der Waals surface area contributed by atoms with Gasteiger partial charge in [0.15, 0.2) is 0 Å². The summed E-state index contributed by atoms with van der Waals surface area (Å²) in [7, 11) is 0. The van der Waals surface area contributed by atoms with Crippen molar-refractivity contribution in [2.75, 3.05) is 17.6 Å². The summed E-state index contributed by atoms with van der Waals surface area (Å²) in [4.78, 5) is 4.33.